The van der Waals surface area contributed by atoms with E-state index in [1.165, 1.54) is 13.1 Å². The summed E-state index contributed by atoms with van der Waals surface area (Å²) in [6, 6.07) is 12.2. The molecule has 0 aromatic heterocycles. The molecule has 1 aliphatic carbocycles. The number of amides is 2. The Hall–Kier alpha value is -2.71. The number of fused-ring (bicyclic) bond motifs is 1. The van der Waals surface area contributed by atoms with E-state index in [9.17, 15) is 18.0 Å². The molecule has 1 atom stereocenters. The number of likely N-dealkylation sites (N-methyl/N-ethyl adjacent to an activating group) is 1. The highest BCUT2D eigenvalue weighted by Crippen LogP contribution is 2.39. The molecule has 4 rings (SSSR count). The van der Waals surface area contributed by atoms with E-state index in [4.69, 9.17) is 0 Å². The fraction of sp³-hybridized carbons (Fsp3) is 0.391. The minimum Gasteiger partial charge on any atom is -0.325 e. The van der Waals surface area contributed by atoms with Crippen LogP contribution < -0.4 is 10.2 Å². The molecular formula is C23H27N3O4S. The highest BCUT2D eigenvalue weighted by atomic mass is 32.2. The number of benzene rings is 2. The van der Waals surface area contributed by atoms with Crippen molar-refractivity contribution in [3.8, 4) is 0 Å². The topological polar surface area (TPSA) is 86.8 Å². The van der Waals surface area contributed by atoms with E-state index in [2.05, 4.69) is 5.32 Å². The SMILES string of the molecule is Cc1ccccc1NC(=O)CN(C)S(=O)(=O)c1ccc2c(c1)C[C@@H](C)N2C(=O)C1CC1. The van der Waals surface area contributed by atoms with E-state index in [0.717, 1.165) is 34.0 Å². The van der Waals surface area contributed by atoms with Crippen LogP contribution in [-0.2, 0) is 26.0 Å². The van der Waals surface area contributed by atoms with Crippen molar-refractivity contribution >= 4 is 33.2 Å². The summed E-state index contributed by atoms with van der Waals surface area (Å²) in [7, 11) is -2.45. The summed E-state index contributed by atoms with van der Waals surface area (Å²) in [5, 5.41) is 2.76. The number of para-hydroxylation sites is 1. The van der Waals surface area contributed by atoms with Crippen LogP contribution >= 0.6 is 0 Å². The Morgan fingerprint density at radius 1 is 1.16 bits per heavy atom. The van der Waals surface area contributed by atoms with Gasteiger partial charge in [-0.1, -0.05) is 18.2 Å². The maximum Gasteiger partial charge on any atom is 0.243 e. The molecule has 2 aromatic rings. The van der Waals surface area contributed by atoms with Gasteiger partial charge in [0, 0.05) is 30.4 Å². The van der Waals surface area contributed by atoms with Gasteiger partial charge >= 0.3 is 0 Å². The van der Waals surface area contributed by atoms with Crippen molar-refractivity contribution in [3.05, 3.63) is 53.6 Å². The van der Waals surface area contributed by atoms with Crippen LogP contribution in [-0.4, -0.2) is 44.2 Å². The molecule has 2 amide bonds. The summed E-state index contributed by atoms with van der Waals surface area (Å²) < 4.78 is 27.2. The second-order valence-electron chi connectivity index (χ2n) is 8.45. The summed E-state index contributed by atoms with van der Waals surface area (Å²) >= 11 is 0. The van der Waals surface area contributed by atoms with Gasteiger partial charge in [-0.3, -0.25) is 9.59 Å². The molecule has 2 aromatic carbocycles. The first-order valence-corrected chi connectivity index (χ1v) is 11.9. The Balaban J connectivity index is 1.50. The lowest BCUT2D eigenvalue weighted by molar-refractivity contribution is -0.120. The monoisotopic (exact) mass is 441 g/mol. The third kappa shape index (κ3) is 4.22. The number of nitrogens with one attached hydrogen (secondary N) is 1. The zero-order chi connectivity index (χ0) is 22.3. The van der Waals surface area contributed by atoms with E-state index in [1.54, 1.807) is 18.2 Å². The van der Waals surface area contributed by atoms with E-state index in [0.29, 0.717) is 12.1 Å². The lowest BCUT2D eigenvalue weighted by atomic mass is 10.1. The average molecular weight is 442 g/mol. The Morgan fingerprint density at radius 3 is 2.55 bits per heavy atom. The standard InChI is InChI=1S/C23H27N3O4S/c1-15-6-4-5-7-20(15)24-22(27)14-25(3)31(29,30)19-10-11-21-18(13-19)12-16(2)26(21)23(28)17-8-9-17/h4-7,10-11,13,16-17H,8-9,12,14H2,1-3H3,(H,24,27)/t16-/m1/s1. The van der Waals surface area contributed by atoms with Crippen molar-refractivity contribution in [3.63, 3.8) is 0 Å². The third-order valence-electron chi connectivity index (χ3n) is 5.92. The first kappa shape index (κ1) is 21.5. The van der Waals surface area contributed by atoms with Crippen LogP contribution in [0.15, 0.2) is 47.4 Å². The maximum absolute atomic E-state index is 13.1. The van der Waals surface area contributed by atoms with Gasteiger partial charge < -0.3 is 10.2 Å². The normalized spacial score (nSPS) is 18.2. The molecule has 31 heavy (non-hydrogen) atoms. The number of aryl methyl sites for hydroxylation is 1. The first-order chi connectivity index (χ1) is 14.7. The molecule has 0 bridgehead atoms. The van der Waals surface area contributed by atoms with Crippen molar-refractivity contribution in [2.45, 2.75) is 44.0 Å². The fourth-order valence-corrected chi connectivity index (χ4v) is 5.18. The molecule has 0 saturated heterocycles. The number of hydrogen-bond acceptors (Lipinski definition) is 4. The van der Waals surface area contributed by atoms with E-state index >= 15 is 0 Å². The zero-order valence-corrected chi connectivity index (χ0v) is 18.8. The Kier molecular flexibility index (Phi) is 5.61. The number of hydrogen-bond donors (Lipinski definition) is 1. The minimum atomic E-state index is -3.85. The number of sulfonamides is 1. The number of rotatable bonds is 6. The first-order valence-electron chi connectivity index (χ1n) is 10.5. The van der Waals surface area contributed by atoms with Crippen LogP contribution in [0, 0.1) is 12.8 Å². The molecule has 0 radical (unpaired) electrons. The molecule has 0 unspecified atom stereocenters. The summed E-state index contributed by atoms with van der Waals surface area (Å²) in [6.45, 7) is 3.56. The Labute approximate surface area is 183 Å². The second-order valence-corrected chi connectivity index (χ2v) is 10.5. The summed E-state index contributed by atoms with van der Waals surface area (Å²) in [5.41, 5.74) is 3.20. The molecule has 1 heterocycles. The predicted molar refractivity (Wildman–Crippen MR) is 119 cm³/mol. The van der Waals surface area contributed by atoms with Crippen LogP contribution in [0.4, 0.5) is 11.4 Å². The van der Waals surface area contributed by atoms with Crippen molar-refractivity contribution in [2.75, 3.05) is 23.8 Å². The van der Waals surface area contributed by atoms with Gasteiger partial charge in [-0.2, -0.15) is 4.31 Å². The van der Waals surface area contributed by atoms with Gasteiger partial charge in [-0.15, -0.1) is 0 Å². The molecule has 1 fully saturated rings. The zero-order valence-electron chi connectivity index (χ0n) is 18.0. The van der Waals surface area contributed by atoms with Crippen molar-refractivity contribution in [2.24, 2.45) is 5.92 Å². The summed E-state index contributed by atoms with van der Waals surface area (Å²) in [4.78, 5) is 27.0. The van der Waals surface area contributed by atoms with E-state index < -0.39 is 15.9 Å². The molecule has 2 aliphatic rings. The molecular weight excluding hydrogens is 414 g/mol. The van der Waals surface area contributed by atoms with Crippen molar-refractivity contribution in [1.82, 2.24) is 4.31 Å². The van der Waals surface area contributed by atoms with Crippen LogP contribution in [0.1, 0.15) is 30.9 Å². The summed E-state index contributed by atoms with van der Waals surface area (Å²) in [6.07, 6.45) is 2.48. The Morgan fingerprint density at radius 2 is 1.87 bits per heavy atom. The van der Waals surface area contributed by atoms with Crippen molar-refractivity contribution < 1.29 is 18.0 Å². The van der Waals surface area contributed by atoms with Gasteiger partial charge in [0.25, 0.3) is 0 Å². The molecule has 1 N–H and O–H groups in total. The van der Waals surface area contributed by atoms with Crippen LogP contribution in [0.2, 0.25) is 0 Å². The fourth-order valence-electron chi connectivity index (χ4n) is 4.00. The molecule has 0 spiro atoms. The van der Waals surface area contributed by atoms with Gasteiger partial charge in [-0.25, -0.2) is 8.42 Å². The lowest BCUT2D eigenvalue weighted by Gasteiger charge is -2.23. The van der Waals surface area contributed by atoms with Gasteiger partial charge in [0.1, 0.15) is 0 Å². The molecule has 1 aliphatic heterocycles. The van der Waals surface area contributed by atoms with Crippen molar-refractivity contribution in [1.29, 1.82) is 0 Å². The molecule has 164 valence electrons. The van der Waals surface area contributed by atoms with Gasteiger partial charge in [-0.05, 0) is 68.5 Å². The average Bonchev–Trinajstić information content (AvgIpc) is 3.51. The minimum absolute atomic E-state index is 0.0127. The molecule has 1 saturated carbocycles. The smallest absolute Gasteiger partial charge is 0.243 e. The largest absolute Gasteiger partial charge is 0.325 e. The number of carbonyl (C=O) groups is 2. The van der Waals surface area contributed by atoms with E-state index in [-0.39, 0.29) is 29.3 Å². The Bertz CT molecular complexity index is 1140. The van der Waals surface area contributed by atoms with Crippen LogP contribution in [0.5, 0.6) is 0 Å². The second kappa shape index (κ2) is 8.09. The third-order valence-corrected chi connectivity index (χ3v) is 7.72. The highest BCUT2D eigenvalue weighted by Gasteiger charge is 2.40. The van der Waals surface area contributed by atoms with Gasteiger partial charge in [0.05, 0.1) is 11.4 Å². The highest BCUT2D eigenvalue weighted by molar-refractivity contribution is 7.89. The molecule has 7 nitrogen and oxygen atoms in total. The molecule has 8 heteroatoms. The number of carbonyl (C=O) groups excluding carboxylic acids is 2. The lowest BCUT2D eigenvalue weighted by Crippen LogP contribution is -2.36. The summed E-state index contributed by atoms with van der Waals surface area (Å²) in [5.74, 6) is -0.169. The van der Waals surface area contributed by atoms with Gasteiger partial charge in [0.15, 0.2) is 0 Å². The maximum atomic E-state index is 13.1. The number of anilines is 2. The van der Waals surface area contributed by atoms with Crippen LogP contribution in [0.25, 0.3) is 0 Å². The van der Waals surface area contributed by atoms with Gasteiger partial charge in [0.2, 0.25) is 21.8 Å². The quantitative estimate of drug-likeness (QED) is 0.747. The predicted octanol–water partition coefficient (Wildman–Crippen LogP) is 2.94. The number of nitrogens with zero attached hydrogens (tertiary/aromatic N) is 2. The van der Waals surface area contributed by atoms with E-state index in [1.807, 2.05) is 36.9 Å². The van der Waals surface area contributed by atoms with Crippen LogP contribution in [0.3, 0.4) is 0 Å².